The smallest absolute Gasteiger partial charge is 0.317 e. The van der Waals surface area contributed by atoms with E-state index in [-0.39, 0.29) is 23.1 Å². The monoisotopic (exact) mass is 382 g/mol. The number of carbonyl (C=O) groups excluding carboxylic acids is 1. The number of urea groups is 1. The molecule has 0 aromatic heterocycles. The average Bonchev–Trinajstić information content (AvgIpc) is 2.72. The van der Waals surface area contributed by atoms with Crippen LogP contribution in [0.3, 0.4) is 0 Å². The third-order valence-corrected chi connectivity index (χ3v) is 5.84. The van der Waals surface area contributed by atoms with E-state index in [1.165, 1.54) is 12.1 Å². The molecule has 1 aromatic rings. The SMILES string of the molecule is COC1(CNC(=O)N2CCC(C(F)c3ccccc3F)CC2)CCOCC1. The van der Waals surface area contributed by atoms with Gasteiger partial charge in [0.1, 0.15) is 12.0 Å². The van der Waals surface area contributed by atoms with Crippen LogP contribution in [0.2, 0.25) is 0 Å². The lowest BCUT2D eigenvalue weighted by Gasteiger charge is -2.38. The Kier molecular flexibility index (Phi) is 6.65. The van der Waals surface area contributed by atoms with Gasteiger partial charge < -0.3 is 19.7 Å². The van der Waals surface area contributed by atoms with E-state index < -0.39 is 12.0 Å². The van der Waals surface area contributed by atoms with Crippen molar-refractivity contribution in [3.63, 3.8) is 0 Å². The maximum atomic E-state index is 14.7. The molecule has 150 valence electrons. The van der Waals surface area contributed by atoms with Crippen molar-refractivity contribution in [2.24, 2.45) is 5.92 Å². The largest absolute Gasteiger partial charge is 0.381 e. The summed E-state index contributed by atoms with van der Waals surface area (Å²) < 4.78 is 39.5. The minimum atomic E-state index is -1.34. The van der Waals surface area contributed by atoms with Gasteiger partial charge in [-0.15, -0.1) is 0 Å². The zero-order valence-corrected chi connectivity index (χ0v) is 15.8. The fraction of sp³-hybridized carbons (Fsp3) is 0.650. The van der Waals surface area contributed by atoms with E-state index in [0.29, 0.717) is 45.7 Å². The molecule has 5 nitrogen and oxygen atoms in total. The normalized spacial score (nSPS) is 21.7. The second-order valence-corrected chi connectivity index (χ2v) is 7.41. The van der Waals surface area contributed by atoms with Crippen LogP contribution in [0, 0.1) is 11.7 Å². The van der Waals surface area contributed by atoms with Crippen LogP contribution in [0.25, 0.3) is 0 Å². The van der Waals surface area contributed by atoms with Gasteiger partial charge in [0.2, 0.25) is 0 Å². The highest BCUT2D eigenvalue weighted by molar-refractivity contribution is 5.74. The van der Waals surface area contributed by atoms with Crippen molar-refractivity contribution in [1.82, 2.24) is 10.2 Å². The summed E-state index contributed by atoms with van der Waals surface area (Å²) in [5, 5.41) is 2.95. The zero-order chi connectivity index (χ0) is 19.3. The number of methoxy groups -OCH3 is 1. The first-order chi connectivity index (χ1) is 13.0. The van der Waals surface area contributed by atoms with Gasteiger partial charge >= 0.3 is 6.03 Å². The number of benzene rings is 1. The fourth-order valence-corrected chi connectivity index (χ4v) is 3.89. The minimum absolute atomic E-state index is 0.113. The molecule has 7 heteroatoms. The number of hydrogen-bond acceptors (Lipinski definition) is 3. The number of alkyl halides is 1. The predicted octanol–water partition coefficient (Wildman–Crippen LogP) is 3.45. The summed E-state index contributed by atoms with van der Waals surface area (Å²) in [4.78, 5) is 14.2. The molecule has 1 N–H and O–H groups in total. The number of carbonyl (C=O) groups is 1. The zero-order valence-electron chi connectivity index (χ0n) is 15.8. The van der Waals surface area contributed by atoms with Gasteiger partial charge in [-0.05, 0) is 24.8 Å². The Morgan fingerprint density at radius 2 is 2.00 bits per heavy atom. The molecule has 2 fully saturated rings. The second kappa shape index (κ2) is 8.97. The molecule has 0 bridgehead atoms. The van der Waals surface area contributed by atoms with Gasteiger partial charge in [0.05, 0.1) is 5.60 Å². The van der Waals surface area contributed by atoms with E-state index in [1.807, 2.05) is 0 Å². The molecule has 1 aromatic carbocycles. The van der Waals surface area contributed by atoms with Gasteiger partial charge in [-0.1, -0.05) is 18.2 Å². The molecule has 2 aliphatic heterocycles. The summed E-state index contributed by atoms with van der Waals surface area (Å²) in [6.45, 7) is 2.63. The van der Waals surface area contributed by atoms with E-state index in [4.69, 9.17) is 9.47 Å². The summed E-state index contributed by atoms with van der Waals surface area (Å²) in [5.74, 6) is -0.779. The van der Waals surface area contributed by atoms with Crippen LogP contribution in [0.15, 0.2) is 24.3 Å². The number of hydrogen-bond donors (Lipinski definition) is 1. The Labute approximate surface area is 159 Å². The Bertz CT molecular complexity index is 629. The van der Waals surface area contributed by atoms with Crippen molar-refractivity contribution < 1.29 is 23.0 Å². The van der Waals surface area contributed by atoms with Gasteiger partial charge in [-0.25, -0.2) is 13.6 Å². The summed E-state index contributed by atoms with van der Waals surface area (Å²) in [6.07, 6.45) is 1.20. The molecule has 0 saturated carbocycles. The fourth-order valence-electron chi connectivity index (χ4n) is 3.89. The predicted molar refractivity (Wildman–Crippen MR) is 97.7 cm³/mol. The topological polar surface area (TPSA) is 50.8 Å². The molecule has 0 radical (unpaired) electrons. The van der Waals surface area contributed by atoms with Crippen LogP contribution in [0.4, 0.5) is 13.6 Å². The average molecular weight is 382 g/mol. The van der Waals surface area contributed by atoms with Gasteiger partial charge in [0.25, 0.3) is 0 Å². The number of piperidine rings is 1. The van der Waals surface area contributed by atoms with E-state index >= 15 is 0 Å². The summed E-state index contributed by atoms with van der Waals surface area (Å²) in [6, 6.07) is 5.83. The molecule has 2 saturated heterocycles. The van der Waals surface area contributed by atoms with Gasteiger partial charge in [0.15, 0.2) is 0 Å². The molecular formula is C20H28F2N2O3. The Morgan fingerprint density at radius 3 is 2.63 bits per heavy atom. The molecule has 0 spiro atoms. The van der Waals surface area contributed by atoms with E-state index in [1.54, 1.807) is 24.1 Å². The number of amides is 2. The highest BCUT2D eigenvalue weighted by atomic mass is 19.1. The van der Waals surface area contributed by atoms with Crippen molar-refractivity contribution in [2.45, 2.75) is 37.5 Å². The molecule has 27 heavy (non-hydrogen) atoms. The third-order valence-electron chi connectivity index (χ3n) is 5.84. The first-order valence-corrected chi connectivity index (χ1v) is 9.59. The molecule has 1 unspecified atom stereocenters. The van der Waals surface area contributed by atoms with Gasteiger partial charge in [-0.3, -0.25) is 0 Å². The second-order valence-electron chi connectivity index (χ2n) is 7.41. The van der Waals surface area contributed by atoms with Crippen LogP contribution in [-0.2, 0) is 9.47 Å². The first kappa shape index (κ1) is 20.0. The Hall–Kier alpha value is -1.73. The van der Waals surface area contributed by atoms with E-state index in [9.17, 15) is 13.6 Å². The van der Waals surface area contributed by atoms with Crippen LogP contribution >= 0.6 is 0 Å². The van der Waals surface area contributed by atoms with Crippen LogP contribution < -0.4 is 5.32 Å². The third kappa shape index (κ3) is 4.76. The molecule has 2 aliphatic rings. The maximum Gasteiger partial charge on any atom is 0.317 e. The molecule has 2 amide bonds. The number of rotatable bonds is 5. The van der Waals surface area contributed by atoms with Crippen molar-refractivity contribution in [2.75, 3.05) is 40.0 Å². The van der Waals surface area contributed by atoms with E-state index in [2.05, 4.69) is 5.32 Å². The van der Waals surface area contributed by atoms with Crippen LogP contribution in [0.5, 0.6) is 0 Å². The van der Waals surface area contributed by atoms with Crippen LogP contribution in [0.1, 0.15) is 37.4 Å². The Morgan fingerprint density at radius 1 is 1.33 bits per heavy atom. The highest BCUT2D eigenvalue weighted by Crippen LogP contribution is 2.35. The lowest BCUT2D eigenvalue weighted by atomic mass is 9.88. The quantitative estimate of drug-likeness (QED) is 0.849. The van der Waals surface area contributed by atoms with Crippen molar-refractivity contribution in [3.05, 3.63) is 35.6 Å². The molecule has 3 rings (SSSR count). The number of nitrogens with zero attached hydrogens (tertiary/aromatic N) is 1. The summed E-state index contributed by atoms with van der Waals surface area (Å²) >= 11 is 0. The number of nitrogens with one attached hydrogen (secondary N) is 1. The molecule has 2 heterocycles. The van der Waals surface area contributed by atoms with Gasteiger partial charge in [0, 0.05) is 58.4 Å². The molecular weight excluding hydrogens is 354 g/mol. The maximum absolute atomic E-state index is 14.7. The lowest BCUT2D eigenvalue weighted by molar-refractivity contribution is -0.0865. The van der Waals surface area contributed by atoms with E-state index in [0.717, 1.165) is 12.8 Å². The number of halogens is 2. The van der Waals surface area contributed by atoms with Crippen molar-refractivity contribution in [3.8, 4) is 0 Å². The van der Waals surface area contributed by atoms with Crippen molar-refractivity contribution in [1.29, 1.82) is 0 Å². The standard InChI is InChI=1S/C20H28F2N2O3/c1-26-20(8-12-27-13-9-20)14-23-19(25)24-10-6-15(7-11-24)18(22)16-4-2-3-5-17(16)21/h2-5,15,18H,6-14H2,1H3,(H,23,25). The lowest BCUT2D eigenvalue weighted by Crippen LogP contribution is -2.52. The highest BCUT2D eigenvalue weighted by Gasteiger charge is 2.35. The van der Waals surface area contributed by atoms with Crippen LogP contribution in [-0.4, -0.2) is 56.5 Å². The minimum Gasteiger partial charge on any atom is -0.381 e. The summed E-state index contributed by atoms with van der Waals surface area (Å²) in [5.41, 5.74) is -0.261. The Balaban J connectivity index is 1.48. The summed E-state index contributed by atoms with van der Waals surface area (Å²) in [7, 11) is 1.66. The molecule has 1 atom stereocenters. The van der Waals surface area contributed by atoms with Crippen molar-refractivity contribution >= 4 is 6.03 Å². The molecule has 0 aliphatic carbocycles. The first-order valence-electron chi connectivity index (χ1n) is 9.59. The van der Waals surface area contributed by atoms with Gasteiger partial charge in [-0.2, -0.15) is 0 Å². The number of likely N-dealkylation sites (tertiary alicyclic amines) is 1. The number of ether oxygens (including phenoxy) is 2.